The first-order valence-corrected chi connectivity index (χ1v) is 5.51. The first-order valence-electron chi connectivity index (χ1n) is 5.51. The highest BCUT2D eigenvalue weighted by atomic mass is 16.3. The van der Waals surface area contributed by atoms with Gasteiger partial charge in [0.25, 0.3) is 0 Å². The molecule has 1 aromatic carbocycles. The van der Waals surface area contributed by atoms with Gasteiger partial charge in [0.1, 0.15) is 5.70 Å². The minimum atomic E-state index is 0.501. The van der Waals surface area contributed by atoms with Gasteiger partial charge >= 0.3 is 0 Å². The summed E-state index contributed by atoms with van der Waals surface area (Å²) in [5, 5.41) is 3.01. The molecule has 0 saturated carbocycles. The lowest BCUT2D eigenvalue weighted by Gasteiger charge is -2.24. The van der Waals surface area contributed by atoms with Crippen molar-refractivity contribution < 1.29 is 0 Å². The predicted molar refractivity (Wildman–Crippen MR) is 68.8 cm³/mol. The molecule has 0 aromatic heterocycles. The molecule has 0 radical (unpaired) electrons. The van der Waals surface area contributed by atoms with E-state index in [0.29, 0.717) is 5.70 Å². The van der Waals surface area contributed by atoms with Crippen molar-refractivity contribution >= 4 is 0 Å². The summed E-state index contributed by atoms with van der Waals surface area (Å²) >= 11 is 0. The number of hydrogen-bond donors (Lipinski definition) is 0. The Hall–Kier alpha value is -2.16. The highest BCUT2D eigenvalue weighted by Crippen LogP contribution is 2.20. The zero-order valence-corrected chi connectivity index (χ0v) is 9.71. The molecule has 1 aromatic rings. The fourth-order valence-corrected chi connectivity index (χ4v) is 1.77. The van der Waals surface area contributed by atoms with Gasteiger partial charge in [-0.2, -0.15) is 0 Å². The van der Waals surface area contributed by atoms with E-state index in [4.69, 9.17) is 0 Å². The van der Waals surface area contributed by atoms with Crippen LogP contribution in [-0.2, 0) is 6.54 Å². The summed E-state index contributed by atoms with van der Waals surface area (Å²) in [6, 6.07) is 10.1. The fraction of sp³-hybridized carbons (Fsp3) is 0.143. The smallest absolute Gasteiger partial charge is 0.105 e. The number of hydrogen-bond acceptors (Lipinski definition) is 3. The monoisotopic (exact) mass is 226 g/mol. The van der Waals surface area contributed by atoms with Crippen LogP contribution in [0.5, 0.6) is 0 Å². The lowest BCUT2D eigenvalue weighted by atomic mass is 10.1. The predicted octanol–water partition coefficient (Wildman–Crippen LogP) is 3.57. The SMILES string of the molecule is C/C(N=O)=C1/C=CC=CN1Cc1ccccc1. The summed E-state index contributed by atoms with van der Waals surface area (Å²) in [4.78, 5) is 12.6. The largest absolute Gasteiger partial charge is 0.342 e. The second kappa shape index (κ2) is 5.25. The van der Waals surface area contributed by atoms with Gasteiger partial charge in [-0.05, 0) is 29.8 Å². The highest BCUT2D eigenvalue weighted by molar-refractivity contribution is 5.32. The maximum atomic E-state index is 10.6. The van der Waals surface area contributed by atoms with E-state index >= 15 is 0 Å². The third-order valence-corrected chi connectivity index (χ3v) is 2.64. The summed E-state index contributed by atoms with van der Waals surface area (Å²) in [5.41, 5.74) is 2.55. The lowest BCUT2D eigenvalue weighted by molar-refractivity contribution is 0.464. The molecule has 0 amide bonds. The van der Waals surface area contributed by atoms with E-state index in [1.807, 2.05) is 47.5 Å². The zero-order valence-electron chi connectivity index (χ0n) is 9.71. The second-order valence-corrected chi connectivity index (χ2v) is 3.88. The summed E-state index contributed by atoms with van der Waals surface area (Å²) in [6.07, 6.45) is 7.71. The number of nitrogens with zero attached hydrogens (tertiary/aromatic N) is 2. The van der Waals surface area contributed by atoms with E-state index in [1.54, 1.807) is 6.92 Å². The van der Waals surface area contributed by atoms with E-state index < -0.39 is 0 Å². The van der Waals surface area contributed by atoms with Gasteiger partial charge in [0.2, 0.25) is 0 Å². The molecule has 3 heteroatoms. The van der Waals surface area contributed by atoms with E-state index in [2.05, 4.69) is 17.3 Å². The van der Waals surface area contributed by atoms with Crippen molar-refractivity contribution in [2.75, 3.05) is 0 Å². The molecule has 0 unspecified atom stereocenters. The fourth-order valence-electron chi connectivity index (χ4n) is 1.77. The Kier molecular flexibility index (Phi) is 3.50. The van der Waals surface area contributed by atoms with Gasteiger partial charge < -0.3 is 4.90 Å². The van der Waals surface area contributed by atoms with E-state index in [-0.39, 0.29) is 0 Å². The molecule has 0 aliphatic carbocycles. The summed E-state index contributed by atoms with van der Waals surface area (Å²) in [6.45, 7) is 2.47. The van der Waals surface area contributed by atoms with Crippen molar-refractivity contribution in [2.45, 2.75) is 13.5 Å². The maximum absolute atomic E-state index is 10.6. The van der Waals surface area contributed by atoms with Crippen molar-refractivity contribution in [2.24, 2.45) is 5.18 Å². The van der Waals surface area contributed by atoms with Gasteiger partial charge in [-0.3, -0.25) is 0 Å². The van der Waals surface area contributed by atoms with Gasteiger partial charge in [0.15, 0.2) is 0 Å². The summed E-state index contributed by atoms with van der Waals surface area (Å²) < 4.78 is 0. The van der Waals surface area contributed by atoms with Crippen LogP contribution in [0.2, 0.25) is 0 Å². The molecular formula is C14H14N2O. The van der Waals surface area contributed by atoms with Crippen molar-refractivity contribution in [1.82, 2.24) is 4.90 Å². The van der Waals surface area contributed by atoms with Crippen molar-refractivity contribution in [3.63, 3.8) is 0 Å². The number of allylic oxidation sites excluding steroid dienone is 4. The van der Waals surface area contributed by atoms with Crippen LogP contribution in [0, 0.1) is 4.91 Å². The van der Waals surface area contributed by atoms with Crippen LogP contribution in [0.4, 0.5) is 0 Å². The molecule has 3 nitrogen and oxygen atoms in total. The topological polar surface area (TPSA) is 32.7 Å². The maximum Gasteiger partial charge on any atom is 0.105 e. The van der Waals surface area contributed by atoms with Crippen LogP contribution in [-0.4, -0.2) is 4.90 Å². The van der Waals surface area contributed by atoms with Gasteiger partial charge in [0, 0.05) is 12.7 Å². The molecule has 0 saturated heterocycles. The van der Waals surface area contributed by atoms with Crippen LogP contribution < -0.4 is 0 Å². The zero-order chi connectivity index (χ0) is 12.1. The number of rotatable bonds is 3. The average Bonchev–Trinajstić information content (AvgIpc) is 2.40. The molecule has 86 valence electrons. The molecule has 2 rings (SSSR count). The minimum absolute atomic E-state index is 0.501. The van der Waals surface area contributed by atoms with Gasteiger partial charge in [-0.25, -0.2) is 0 Å². The Morgan fingerprint density at radius 3 is 2.71 bits per heavy atom. The van der Waals surface area contributed by atoms with E-state index in [0.717, 1.165) is 12.2 Å². The van der Waals surface area contributed by atoms with Gasteiger partial charge in [-0.15, -0.1) is 4.91 Å². The molecule has 1 heterocycles. The van der Waals surface area contributed by atoms with Gasteiger partial charge in [0.05, 0.1) is 5.70 Å². The van der Waals surface area contributed by atoms with Crippen molar-refractivity contribution in [3.8, 4) is 0 Å². The Bertz CT molecular complexity index is 486. The van der Waals surface area contributed by atoms with Crippen molar-refractivity contribution in [3.05, 3.63) is 76.6 Å². The normalized spacial score (nSPS) is 17.1. The second-order valence-electron chi connectivity index (χ2n) is 3.88. The Labute approximate surface area is 101 Å². The Morgan fingerprint density at radius 2 is 2.00 bits per heavy atom. The molecule has 1 aliphatic heterocycles. The number of benzene rings is 1. The van der Waals surface area contributed by atoms with Crippen molar-refractivity contribution in [1.29, 1.82) is 0 Å². The average molecular weight is 226 g/mol. The van der Waals surface area contributed by atoms with Crippen LogP contribution in [0.15, 0.2) is 71.3 Å². The highest BCUT2D eigenvalue weighted by Gasteiger charge is 2.10. The summed E-state index contributed by atoms with van der Waals surface area (Å²) in [7, 11) is 0. The van der Waals surface area contributed by atoms with Gasteiger partial charge in [-0.1, -0.05) is 36.4 Å². The quantitative estimate of drug-likeness (QED) is 0.738. The number of nitroso groups, excluding NO2 is 1. The molecular weight excluding hydrogens is 212 g/mol. The lowest BCUT2D eigenvalue weighted by Crippen LogP contribution is -2.17. The molecule has 0 atom stereocenters. The first kappa shape index (κ1) is 11.3. The Balaban J connectivity index is 2.23. The van der Waals surface area contributed by atoms with Crippen LogP contribution >= 0.6 is 0 Å². The van der Waals surface area contributed by atoms with Crippen LogP contribution in [0.3, 0.4) is 0 Å². The third-order valence-electron chi connectivity index (χ3n) is 2.64. The molecule has 17 heavy (non-hydrogen) atoms. The molecule has 1 aliphatic rings. The Morgan fingerprint density at radius 1 is 1.24 bits per heavy atom. The van der Waals surface area contributed by atoms with E-state index in [1.165, 1.54) is 5.56 Å². The molecule has 0 bridgehead atoms. The molecule has 0 fully saturated rings. The minimum Gasteiger partial charge on any atom is -0.342 e. The van der Waals surface area contributed by atoms with E-state index in [9.17, 15) is 4.91 Å². The molecule has 0 N–H and O–H groups in total. The van der Waals surface area contributed by atoms with Crippen LogP contribution in [0.1, 0.15) is 12.5 Å². The first-order chi connectivity index (χ1) is 8.31. The third kappa shape index (κ3) is 2.69. The standard InChI is InChI=1S/C14H14N2O/c1-12(15-17)14-9-5-6-10-16(14)11-13-7-3-2-4-8-13/h2-10H,11H2,1H3/b14-12+. The molecule has 0 spiro atoms. The van der Waals surface area contributed by atoms with Crippen LogP contribution in [0.25, 0.3) is 0 Å². The summed E-state index contributed by atoms with van der Waals surface area (Å²) in [5.74, 6) is 0.